The molecule has 0 spiro atoms. The highest BCUT2D eigenvalue weighted by atomic mass is 15.1. The predicted octanol–water partition coefficient (Wildman–Crippen LogP) is 1.74. The zero-order valence-electron chi connectivity index (χ0n) is 13.1. The van der Waals surface area contributed by atoms with Crippen molar-refractivity contribution >= 4 is 0 Å². The van der Waals surface area contributed by atoms with Crippen molar-refractivity contribution in [3.63, 3.8) is 0 Å². The van der Waals surface area contributed by atoms with Gasteiger partial charge in [-0.1, -0.05) is 6.92 Å². The molecule has 0 atom stereocenters. The molecule has 1 N–H and O–H groups in total. The van der Waals surface area contributed by atoms with Crippen molar-refractivity contribution in [3.05, 3.63) is 22.8 Å². The van der Waals surface area contributed by atoms with Gasteiger partial charge in [-0.25, -0.2) is 9.97 Å². The van der Waals surface area contributed by atoms with Crippen molar-refractivity contribution in [1.82, 2.24) is 20.2 Å². The molecule has 0 aromatic carbocycles. The van der Waals surface area contributed by atoms with Crippen molar-refractivity contribution in [2.45, 2.75) is 40.0 Å². The molecule has 0 amide bonds. The lowest BCUT2D eigenvalue weighted by Crippen LogP contribution is -2.20. The van der Waals surface area contributed by atoms with E-state index in [1.807, 2.05) is 0 Å². The Bertz CT molecular complexity index is 365. The first-order valence-corrected chi connectivity index (χ1v) is 7.23. The summed E-state index contributed by atoms with van der Waals surface area (Å²) in [6.07, 6.45) is 3.12. The van der Waals surface area contributed by atoms with Gasteiger partial charge < -0.3 is 10.2 Å². The van der Waals surface area contributed by atoms with Gasteiger partial charge in [0, 0.05) is 24.4 Å². The SMILES string of the molecule is CCCNCCc1c(C)nc(CCN(C)C)nc1C. The zero-order chi connectivity index (χ0) is 14.3. The van der Waals surface area contributed by atoms with E-state index in [0.29, 0.717) is 0 Å². The van der Waals surface area contributed by atoms with Gasteiger partial charge in [-0.05, 0) is 59.4 Å². The van der Waals surface area contributed by atoms with E-state index >= 15 is 0 Å². The van der Waals surface area contributed by atoms with E-state index < -0.39 is 0 Å². The number of likely N-dealkylation sites (N-methyl/N-ethyl adjacent to an activating group) is 1. The summed E-state index contributed by atoms with van der Waals surface area (Å²) < 4.78 is 0. The molecule has 0 radical (unpaired) electrons. The average Bonchev–Trinajstić information content (AvgIpc) is 2.34. The molecular weight excluding hydrogens is 236 g/mol. The van der Waals surface area contributed by atoms with E-state index in [2.05, 4.69) is 55.1 Å². The maximum atomic E-state index is 4.64. The van der Waals surface area contributed by atoms with Crippen molar-refractivity contribution in [1.29, 1.82) is 0 Å². The molecule has 0 fully saturated rings. The van der Waals surface area contributed by atoms with Crippen LogP contribution < -0.4 is 5.32 Å². The predicted molar refractivity (Wildman–Crippen MR) is 80.6 cm³/mol. The molecule has 0 aliphatic heterocycles. The molecule has 0 aliphatic rings. The minimum absolute atomic E-state index is 0.920. The smallest absolute Gasteiger partial charge is 0.130 e. The number of nitrogens with one attached hydrogen (secondary N) is 1. The highest BCUT2D eigenvalue weighted by molar-refractivity contribution is 5.24. The van der Waals surface area contributed by atoms with E-state index in [-0.39, 0.29) is 0 Å². The van der Waals surface area contributed by atoms with Crippen LogP contribution in [0.2, 0.25) is 0 Å². The summed E-state index contributed by atoms with van der Waals surface area (Å²) in [7, 11) is 4.15. The number of hydrogen-bond acceptors (Lipinski definition) is 4. The van der Waals surface area contributed by atoms with Crippen LogP contribution in [-0.4, -0.2) is 48.6 Å². The minimum atomic E-state index is 0.920. The Kier molecular flexibility index (Phi) is 6.95. The van der Waals surface area contributed by atoms with Gasteiger partial charge in [0.2, 0.25) is 0 Å². The van der Waals surface area contributed by atoms with E-state index in [4.69, 9.17) is 0 Å². The first kappa shape index (κ1) is 16.1. The van der Waals surface area contributed by atoms with Crippen LogP contribution in [0.25, 0.3) is 0 Å². The van der Waals surface area contributed by atoms with Gasteiger partial charge in [-0.15, -0.1) is 0 Å². The van der Waals surface area contributed by atoms with Gasteiger partial charge in [0.1, 0.15) is 5.82 Å². The van der Waals surface area contributed by atoms with Gasteiger partial charge in [0.15, 0.2) is 0 Å². The Hall–Kier alpha value is -1.00. The van der Waals surface area contributed by atoms with Crippen molar-refractivity contribution in [2.75, 3.05) is 33.7 Å². The van der Waals surface area contributed by atoms with Gasteiger partial charge in [-0.2, -0.15) is 0 Å². The minimum Gasteiger partial charge on any atom is -0.316 e. The largest absolute Gasteiger partial charge is 0.316 e. The molecular formula is C15H28N4. The maximum Gasteiger partial charge on any atom is 0.130 e. The summed E-state index contributed by atoms with van der Waals surface area (Å²) in [5.41, 5.74) is 3.58. The molecule has 108 valence electrons. The molecule has 4 nitrogen and oxygen atoms in total. The highest BCUT2D eigenvalue weighted by Crippen LogP contribution is 2.11. The molecule has 4 heteroatoms. The number of aromatic nitrogens is 2. The number of hydrogen-bond donors (Lipinski definition) is 1. The first-order chi connectivity index (χ1) is 9.04. The Morgan fingerprint density at radius 1 is 1.00 bits per heavy atom. The fourth-order valence-corrected chi connectivity index (χ4v) is 2.12. The third-order valence-electron chi connectivity index (χ3n) is 3.23. The van der Waals surface area contributed by atoms with Crippen molar-refractivity contribution in [2.24, 2.45) is 0 Å². The number of aryl methyl sites for hydroxylation is 2. The monoisotopic (exact) mass is 264 g/mol. The molecule has 1 aromatic rings. The molecule has 0 saturated heterocycles. The molecule has 0 unspecified atom stereocenters. The van der Waals surface area contributed by atoms with Crippen LogP contribution in [0.15, 0.2) is 0 Å². The summed E-state index contributed by atoms with van der Waals surface area (Å²) in [6, 6.07) is 0. The van der Waals surface area contributed by atoms with E-state index in [0.717, 1.165) is 49.7 Å². The third kappa shape index (κ3) is 5.66. The van der Waals surface area contributed by atoms with Crippen LogP contribution in [0.1, 0.15) is 36.1 Å². The van der Waals surface area contributed by atoms with Crippen LogP contribution in [0.5, 0.6) is 0 Å². The summed E-state index contributed by atoms with van der Waals surface area (Å²) in [5, 5.41) is 3.43. The van der Waals surface area contributed by atoms with Crippen molar-refractivity contribution < 1.29 is 0 Å². The van der Waals surface area contributed by atoms with E-state index in [1.54, 1.807) is 0 Å². The normalized spacial score (nSPS) is 11.3. The molecule has 0 bridgehead atoms. The zero-order valence-corrected chi connectivity index (χ0v) is 13.1. The fourth-order valence-electron chi connectivity index (χ4n) is 2.12. The second-order valence-electron chi connectivity index (χ2n) is 5.34. The second kappa shape index (κ2) is 8.23. The lowest BCUT2D eigenvalue weighted by atomic mass is 10.1. The summed E-state index contributed by atoms with van der Waals surface area (Å²) in [5.74, 6) is 0.967. The fraction of sp³-hybridized carbons (Fsp3) is 0.733. The molecule has 19 heavy (non-hydrogen) atoms. The molecule has 1 rings (SSSR count). The molecule has 1 heterocycles. The van der Waals surface area contributed by atoms with Gasteiger partial charge in [-0.3, -0.25) is 0 Å². The van der Waals surface area contributed by atoms with Gasteiger partial charge in [0.25, 0.3) is 0 Å². The Morgan fingerprint density at radius 3 is 2.16 bits per heavy atom. The molecule has 0 saturated carbocycles. The topological polar surface area (TPSA) is 41.1 Å². The number of nitrogens with zero attached hydrogens (tertiary/aromatic N) is 3. The quantitative estimate of drug-likeness (QED) is 0.726. The molecule has 0 aliphatic carbocycles. The summed E-state index contributed by atoms with van der Waals surface area (Å²) >= 11 is 0. The Balaban J connectivity index is 2.63. The van der Waals surface area contributed by atoms with Crippen molar-refractivity contribution in [3.8, 4) is 0 Å². The lowest BCUT2D eigenvalue weighted by Gasteiger charge is -2.13. The summed E-state index contributed by atoms with van der Waals surface area (Å²) in [6.45, 7) is 9.48. The van der Waals surface area contributed by atoms with Crippen LogP contribution in [0.3, 0.4) is 0 Å². The third-order valence-corrected chi connectivity index (χ3v) is 3.23. The Morgan fingerprint density at radius 2 is 1.63 bits per heavy atom. The number of rotatable bonds is 8. The standard InChI is InChI=1S/C15H28N4/c1-6-9-16-10-7-14-12(2)17-15(18-13(14)3)8-11-19(4)5/h16H,6-11H2,1-5H3. The van der Waals surface area contributed by atoms with Gasteiger partial charge in [0.05, 0.1) is 0 Å². The van der Waals surface area contributed by atoms with Crippen LogP contribution in [0, 0.1) is 13.8 Å². The maximum absolute atomic E-state index is 4.64. The van der Waals surface area contributed by atoms with Crippen LogP contribution in [-0.2, 0) is 12.8 Å². The van der Waals surface area contributed by atoms with E-state index in [1.165, 1.54) is 12.0 Å². The van der Waals surface area contributed by atoms with Crippen LogP contribution in [0.4, 0.5) is 0 Å². The lowest BCUT2D eigenvalue weighted by molar-refractivity contribution is 0.409. The average molecular weight is 264 g/mol. The molecule has 1 aromatic heterocycles. The summed E-state index contributed by atoms with van der Waals surface area (Å²) in [4.78, 5) is 11.4. The Labute approximate surface area is 117 Å². The highest BCUT2D eigenvalue weighted by Gasteiger charge is 2.08. The first-order valence-electron chi connectivity index (χ1n) is 7.23. The van der Waals surface area contributed by atoms with Gasteiger partial charge >= 0.3 is 0 Å². The van der Waals surface area contributed by atoms with Crippen LogP contribution >= 0.6 is 0 Å². The van der Waals surface area contributed by atoms with E-state index in [9.17, 15) is 0 Å². The second-order valence-corrected chi connectivity index (χ2v) is 5.34.